The molecule has 6 nitrogen and oxygen atoms in total. The molecule has 0 spiro atoms. The monoisotopic (exact) mass is 376 g/mol. The van der Waals surface area contributed by atoms with Gasteiger partial charge in [0.05, 0.1) is 13.2 Å². The van der Waals surface area contributed by atoms with Crippen molar-refractivity contribution in [3.8, 4) is 5.75 Å². The molecule has 1 atom stereocenters. The first-order valence-corrected chi connectivity index (χ1v) is 9.77. The Bertz CT molecular complexity index is 582. The largest absolute Gasteiger partial charge is 0.497 e. The Morgan fingerprint density at radius 2 is 1.89 bits per heavy atom. The number of aliphatic imine (C=N–C) groups is 1. The number of hydrogen-bond acceptors (Lipinski definition) is 4. The summed E-state index contributed by atoms with van der Waals surface area (Å²) in [6.45, 7) is 2.56. The van der Waals surface area contributed by atoms with E-state index in [9.17, 15) is 0 Å². The summed E-state index contributed by atoms with van der Waals surface area (Å²) >= 11 is 0. The Balaban J connectivity index is 1.90. The highest BCUT2D eigenvalue weighted by Crippen LogP contribution is 2.43. The van der Waals surface area contributed by atoms with Crippen LogP contribution in [0.25, 0.3) is 0 Å². The molecular weight excluding hydrogens is 340 g/mol. The van der Waals surface area contributed by atoms with E-state index in [-0.39, 0.29) is 6.04 Å². The summed E-state index contributed by atoms with van der Waals surface area (Å²) in [4.78, 5) is 6.62. The molecule has 1 unspecified atom stereocenters. The minimum atomic E-state index is 0.251. The second kappa shape index (κ2) is 10.5. The smallest absolute Gasteiger partial charge is 0.191 e. The third-order valence-electron chi connectivity index (χ3n) is 5.69. The molecule has 0 aromatic heterocycles. The number of nitrogens with zero attached hydrogens (tertiary/aromatic N) is 2. The first kappa shape index (κ1) is 21.5. The van der Waals surface area contributed by atoms with Gasteiger partial charge >= 0.3 is 0 Å². The second-order valence-corrected chi connectivity index (χ2v) is 7.66. The lowest BCUT2D eigenvalue weighted by Crippen LogP contribution is -2.48. The van der Waals surface area contributed by atoms with Crippen LogP contribution in [0, 0.1) is 5.41 Å². The van der Waals surface area contributed by atoms with Crippen LogP contribution < -0.4 is 15.4 Å². The van der Waals surface area contributed by atoms with Crippen LogP contribution in [0.15, 0.2) is 29.3 Å². The molecule has 0 amide bonds. The molecule has 0 aliphatic heterocycles. The Kier molecular flexibility index (Phi) is 8.38. The van der Waals surface area contributed by atoms with Crippen molar-refractivity contribution in [2.45, 2.75) is 31.7 Å². The molecule has 0 bridgehead atoms. The first-order valence-electron chi connectivity index (χ1n) is 9.77. The van der Waals surface area contributed by atoms with E-state index in [0.29, 0.717) is 5.41 Å². The summed E-state index contributed by atoms with van der Waals surface area (Å²) < 4.78 is 10.6. The van der Waals surface area contributed by atoms with Crippen molar-refractivity contribution in [3.05, 3.63) is 29.8 Å². The van der Waals surface area contributed by atoms with Crippen molar-refractivity contribution in [3.63, 3.8) is 0 Å². The SMILES string of the molecule is CN=C(NCC(c1ccc(OC)cc1)N(C)C)NCC1(CCOC)CCC1. The third kappa shape index (κ3) is 6.11. The molecule has 0 saturated heterocycles. The maximum Gasteiger partial charge on any atom is 0.191 e. The van der Waals surface area contributed by atoms with E-state index in [1.54, 1.807) is 14.2 Å². The number of likely N-dealkylation sites (N-methyl/N-ethyl adjacent to an activating group) is 1. The molecule has 1 aliphatic rings. The third-order valence-corrected chi connectivity index (χ3v) is 5.69. The van der Waals surface area contributed by atoms with Crippen LogP contribution in [0.5, 0.6) is 5.75 Å². The van der Waals surface area contributed by atoms with E-state index in [1.807, 2.05) is 19.2 Å². The number of rotatable bonds is 10. The fourth-order valence-electron chi connectivity index (χ4n) is 3.62. The number of benzene rings is 1. The molecule has 1 aliphatic carbocycles. The average molecular weight is 377 g/mol. The van der Waals surface area contributed by atoms with Crippen molar-refractivity contribution >= 4 is 5.96 Å². The molecule has 1 aromatic rings. The van der Waals surface area contributed by atoms with Crippen LogP contribution in [-0.4, -0.2) is 65.9 Å². The molecule has 6 heteroatoms. The van der Waals surface area contributed by atoms with Crippen LogP contribution in [0.4, 0.5) is 0 Å². The van der Waals surface area contributed by atoms with Gasteiger partial charge in [0.25, 0.3) is 0 Å². The van der Waals surface area contributed by atoms with E-state index >= 15 is 0 Å². The van der Waals surface area contributed by atoms with Crippen LogP contribution in [0.1, 0.15) is 37.3 Å². The maximum atomic E-state index is 5.29. The van der Waals surface area contributed by atoms with E-state index in [1.165, 1.54) is 24.8 Å². The van der Waals surface area contributed by atoms with Crippen molar-refractivity contribution in [2.75, 3.05) is 55.1 Å². The zero-order chi connectivity index (χ0) is 19.7. The number of ether oxygens (including phenoxy) is 2. The lowest BCUT2D eigenvalue weighted by atomic mass is 9.67. The number of hydrogen-bond donors (Lipinski definition) is 2. The molecule has 2 rings (SSSR count). The van der Waals surface area contributed by atoms with Gasteiger partial charge in [-0.1, -0.05) is 18.6 Å². The van der Waals surface area contributed by atoms with Gasteiger partial charge in [-0.2, -0.15) is 0 Å². The lowest BCUT2D eigenvalue weighted by Gasteiger charge is -2.42. The predicted molar refractivity (Wildman–Crippen MR) is 112 cm³/mol. The van der Waals surface area contributed by atoms with Gasteiger partial charge in [-0.3, -0.25) is 4.99 Å². The molecular formula is C21H36N4O2. The highest BCUT2D eigenvalue weighted by atomic mass is 16.5. The summed E-state index contributed by atoms with van der Waals surface area (Å²) in [7, 11) is 9.50. The number of nitrogens with one attached hydrogen (secondary N) is 2. The predicted octanol–water partition coefficient (Wildman–Crippen LogP) is 2.67. The molecule has 1 saturated carbocycles. The van der Waals surface area contributed by atoms with Gasteiger partial charge in [0.15, 0.2) is 5.96 Å². The second-order valence-electron chi connectivity index (χ2n) is 7.66. The average Bonchev–Trinajstić information content (AvgIpc) is 2.65. The lowest BCUT2D eigenvalue weighted by molar-refractivity contribution is 0.0732. The van der Waals surface area contributed by atoms with Gasteiger partial charge in [0.1, 0.15) is 5.75 Å². The van der Waals surface area contributed by atoms with Gasteiger partial charge in [-0.15, -0.1) is 0 Å². The van der Waals surface area contributed by atoms with Crippen LogP contribution >= 0.6 is 0 Å². The summed E-state index contributed by atoms with van der Waals surface area (Å²) in [5.41, 5.74) is 1.61. The number of guanidine groups is 1. The zero-order valence-corrected chi connectivity index (χ0v) is 17.5. The van der Waals surface area contributed by atoms with E-state index in [4.69, 9.17) is 9.47 Å². The van der Waals surface area contributed by atoms with E-state index < -0.39 is 0 Å². The molecule has 152 valence electrons. The van der Waals surface area contributed by atoms with Gasteiger partial charge in [0, 0.05) is 33.9 Å². The van der Waals surface area contributed by atoms with Gasteiger partial charge < -0.3 is 25.0 Å². The summed E-state index contributed by atoms with van der Waals surface area (Å²) in [5, 5.41) is 7.02. The van der Waals surface area contributed by atoms with E-state index in [0.717, 1.165) is 37.8 Å². The van der Waals surface area contributed by atoms with Crippen molar-refractivity contribution in [2.24, 2.45) is 10.4 Å². The summed E-state index contributed by atoms with van der Waals surface area (Å²) in [6.07, 6.45) is 4.97. The van der Waals surface area contributed by atoms with Gasteiger partial charge in [-0.25, -0.2) is 0 Å². The van der Waals surface area contributed by atoms with Gasteiger partial charge in [-0.05, 0) is 56.5 Å². The maximum absolute atomic E-state index is 5.29. The Hall–Kier alpha value is -1.79. The summed E-state index contributed by atoms with van der Waals surface area (Å²) in [6, 6.07) is 8.51. The molecule has 27 heavy (non-hydrogen) atoms. The van der Waals surface area contributed by atoms with Gasteiger partial charge in [0.2, 0.25) is 0 Å². The minimum absolute atomic E-state index is 0.251. The highest BCUT2D eigenvalue weighted by Gasteiger charge is 2.36. The van der Waals surface area contributed by atoms with Crippen LogP contribution in [0.2, 0.25) is 0 Å². The fraction of sp³-hybridized carbons (Fsp3) is 0.667. The Labute approximate surface area is 164 Å². The topological polar surface area (TPSA) is 58.1 Å². The Morgan fingerprint density at radius 3 is 2.37 bits per heavy atom. The molecule has 2 N–H and O–H groups in total. The molecule has 0 heterocycles. The zero-order valence-electron chi connectivity index (χ0n) is 17.5. The first-order chi connectivity index (χ1) is 13.0. The highest BCUT2D eigenvalue weighted by molar-refractivity contribution is 5.79. The molecule has 0 radical (unpaired) electrons. The quantitative estimate of drug-likeness (QED) is 0.486. The van der Waals surface area contributed by atoms with Crippen molar-refractivity contribution < 1.29 is 9.47 Å². The molecule has 1 fully saturated rings. The van der Waals surface area contributed by atoms with Crippen LogP contribution in [-0.2, 0) is 4.74 Å². The van der Waals surface area contributed by atoms with E-state index in [2.05, 4.69) is 46.8 Å². The summed E-state index contributed by atoms with van der Waals surface area (Å²) in [5.74, 6) is 1.74. The molecule has 1 aromatic carbocycles. The Morgan fingerprint density at radius 1 is 1.19 bits per heavy atom. The van der Waals surface area contributed by atoms with Crippen molar-refractivity contribution in [1.29, 1.82) is 0 Å². The normalized spacial score (nSPS) is 17.3. The number of methoxy groups -OCH3 is 2. The van der Waals surface area contributed by atoms with Crippen LogP contribution in [0.3, 0.4) is 0 Å². The van der Waals surface area contributed by atoms with Crippen molar-refractivity contribution in [1.82, 2.24) is 15.5 Å². The minimum Gasteiger partial charge on any atom is -0.497 e. The fourth-order valence-corrected chi connectivity index (χ4v) is 3.62. The standard InChI is InChI=1S/C21H36N4O2/c1-22-20(24-16-21(11-6-12-21)13-14-26-4)23-15-19(25(2)3)17-7-9-18(27-5)10-8-17/h7-10,19H,6,11-16H2,1-5H3,(H2,22,23,24).